The number of phenolic OH excluding ortho intramolecular Hbond substituents is 1. The Morgan fingerprint density at radius 3 is 2.52 bits per heavy atom. The Bertz CT molecular complexity index is 2330. The summed E-state index contributed by atoms with van der Waals surface area (Å²) in [6.07, 6.45) is 6.10. The van der Waals surface area contributed by atoms with Crippen molar-refractivity contribution in [3.8, 4) is 28.1 Å². The third-order valence-corrected chi connectivity index (χ3v) is 12.7. The smallest absolute Gasteiger partial charge is 0.259 e. The van der Waals surface area contributed by atoms with Crippen molar-refractivity contribution in [3.05, 3.63) is 71.5 Å². The van der Waals surface area contributed by atoms with Crippen LogP contribution in [0.25, 0.3) is 33.3 Å². The van der Waals surface area contributed by atoms with Crippen molar-refractivity contribution < 1.29 is 38.5 Å². The number of aryl methyl sites for hydroxylation is 1. The summed E-state index contributed by atoms with van der Waals surface area (Å²) in [5.74, 6) is -1.43. The van der Waals surface area contributed by atoms with Gasteiger partial charge >= 0.3 is 0 Å². The first-order valence-electron chi connectivity index (χ1n) is 21.7. The van der Waals surface area contributed by atoms with Crippen LogP contribution in [0, 0.1) is 16.7 Å². The number of fused-ring (bicyclic) bond motifs is 6. The molecule has 14 nitrogen and oxygen atoms in total. The molecule has 2 saturated heterocycles. The van der Waals surface area contributed by atoms with Gasteiger partial charge in [-0.2, -0.15) is 0 Å². The number of nitrogens with one attached hydrogen (secondary N) is 2. The number of aromatic nitrogens is 2. The Hall–Kier alpha value is -5.15. The summed E-state index contributed by atoms with van der Waals surface area (Å²) in [6, 6.07) is 11.5. The average molecular weight is 851 g/mol. The Morgan fingerprint density at radius 2 is 1.84 bits per heavy atom. The summed E-state index contributed by atoms with van der Waals surface area (Å²) in [4.78, 5) is 61.8. The number of methoxy groups -OCH3 is 1. The molecular formula is C48H62N6O8. The maximum Gasteiger partial charge on any atom is 0.259 e. The lowest BCUT2D eigenvalue weighted by molar-refractivity contribution is -0.172. The van der Waals surface area contributed by atoms with Gasteiger partial charge < -0.3 is 38.9 Å². The third kappa shape index (κ3) is 8.88. The van der Waals surface area contributed by atoms with E-state index in [-0.39, 0.29) is 43.8 Å². The number of amides is 3. The largest absolute Gasteiger partial charge is 0.508 e. The van der Waals surface area contributed by atoms with Crippen molar-refractivity contribution in [3.63, 3.8) is 0 Å². The van der Waals surface area contributed by atoms with E-state index in [4.69, 9.17) is 14.2 Å². The summed E-state index contributed by atoms with van der Waals surface area (Å²) in [5, 5.41) is 16.8. The number of aromatic hydroxyl groups is 1. The summed E-state index contributed by atoms with van der Waals surface area (Å²) >= 11 is 0. The molecule has 0 saturated carbocycles. The first-order chi connectivity index (χ1) is 29.5. The molecular weight excluding hydrogens is 789 g/mol. The van der Waals surface area contributed by atoms with Gasteiger partial charge in [0.05, 0.1) is 44.1 Å². The minimum Gasteiger partial charge on any atom is -0.508 e. The lowest BCUT2D eigenvalue weighted by atomic mass is 9.84. The third-order valence-electron chi connectivity index (χ3n) is 12.7. The molecule has 3 amide bonds. The summed E-state index contributed by atoms with van der Waals surface area (Å²) in [5.41, 5.74) is 8.28. The monoisotopic (exact) mass is 850 g/mol. The predicted molar refractivity (Wildman–Crippen MR) is 236 cm³/mol. The highest BCUT2D eigenvalue weighted by Gasteiger charge is 2.46. The number of benzene rings is 2. The van der Waals surface area contributed by atoms with E-state index in [0.29, 0.717) is 51.1 Å². The molecule has 0 aliphatic carbocycles. The van der Waals surface area contributed by atoms with Crippen molar-refractivity contribution in [1.82, 2.24) is 30.2 Å². The van der Waals surface area contributed by atoms with Crippen LogP contribution >= 0.6 is 0 Å². The van der Waals surface area contributed by atoms with E-state index < -0.39 is 40.3 Å². The van der Waals surface area contributed by atoms with Crippen LogP contribution in [0.2, 0.25) is 0 Å². The van der Waals surface area contributed by atoms with Gasteiger partial charge in [0.25, 0.3) is 5.91 Å². The standard InChI is InChI=1S/C48H62N6O8/c1-9-53-40-12-11-32-21-36(40)37(42(53)38-23-49-15-13-33(38)24-60-8)22-46(4,5)26-61-29-48(25-55)14-10-16-54(51-48)44(58)39(19-31-17-34(32)20-35(56)18-31)50-43(57)41(30(2)3)52(7)45(59)47(6)27-62-28-47/h11-13,15,17-18,20-21,23,25,30,39,41,51,56H,9-10,14,16,19,22,24,26-29H2,1-8H3,(H,50,57)/t39-,41-,48-/m0/s1. The van der Waals surface area contributed by atoms with Crippen LogP contribution in [0.1, 0.15) is 71.1 Å². The number of likely N-dealkylation sites (N-methyl/N-ethyl adjacent to an activating group) is 1. The van der Waals surface area contributed by atoms with E-state index in [1.807, 2.05) is 45.2 Å². The van der Waals surface area contributed by atoms with Gasteiger partial charge in [-0.05, 0) is 103 Å². The highest BCUT2D eigenvalue weighted by atomic mass is 16.5. The number of hydrazine groups is 1. The van der Waals surface area contributed by atoms with Crippen molar-refractivity contribution in [2.75, 3.05) is 47.1 Å². The lowest BCUT2D eigenvalue weighted by Crippen LogP contribution is -2.67. The van der Waals surface area contributed by atoms with Crippen molar-refractivity contribution in [1.29, 1.82) is 0 Å². The normalized spacial score (nSPS) is 21.8. The maximum absolute atomic E-state index is 14.7. The molecule has 3 aliphatic rings. The number of phenols is 1. The fourth-order valence-electron chi connectivity index (χ4n) is 9.55. The number of carbonyl (C=O) groups excluding carboxylic acids is 4. The summed E-state index contributed by atoms with van der Waals surface area (Å²) in [6.45, 7) is 14.2. The number of hydrogen-bond acceptors (Lipinski definition) is 10. The van der Waals surface area contributed by atoms with Crippen LogP contribution in [0.4, 0.5) is 0 Å². The molecule has 2 fully saturated rings. The second kappa shape index (κ2) is 17.9. The summed E-state index contributed by atoms with van der Waals surface area (Å²) < 4.78 is 19.8. The van der Waals surface area contributed by atoms with Gasteiger partial charge in [0.2, 0.25) is 11.8 Å². The number of pyridine rings is 1. The van der Waals surface area contributed by atoms with E-state index in [0.717, 1.165) is 50.7 Å². The van der Waals surface area contributed by atoms with Crippen molar-refractivity contribution >= 4 is 34.9 Å². The van der Waals surface area contributed by atoms with Gasteiger partial charge in [-0.3, -0.25) is 24.4 Å². The number of hydrogen-bond donors (Lipinski definition) is 3. The van der Waals surface area contributed by atoms with Gasteiger partial charge in [-0.25, -0.2) is 5.43 Å². The van der Waals surface area contributed by atoms with Gasteiger partial charge in [0.1, 0.15) is 29.7 Å². The number of rotatable bonds is 10. The molecule has 4 aromatic rings. The van der Waals surface area contributed by atoms with Gasteiger partial charge in [-0.1, -0.05) is 39.8 Å². The molecule has 0 spiro atoms. The lowest BCUT2D eigenvalue weighted by Gasteiger charge is -2.43. The zero-order valence-corrected chi connectivity index (χ0v) is 37.4. The molecule has 3 aliphatic heterocycles. The second-order valence-corrected chi connectivity index (χ2v) is 18.9. The van der Waals surface area contributed by atoms with Gasteiger partial charge in [0.15, 0.2) is 0 Å². The van der Waals surface area contributed by atoms with Crippen LogP contribution < -0.4 is 10.7 Å². The Kier molecular flexibility index (Phi) is 13.0. The van der Waals surface area contributed by atoms with Crippen molar-refractivity contribution in [2.24, 2.45) is 16.7 Å². The van der Waals surface area contributed by atoms with Crippen LogP contribution in [0.3, 0.4) is 0 Å². The molecule has 0 radical (unpaired) electrons. The second-order valence-electron chi connectivity index (χ2n) is 18.9. The Balaban J connectivity index is 1.35. The van der Waals surface area contributed by atoms with E-state index in [1.54, 1.807) is 32.5 Å². The SMILES string of the molecule is CCn1c(-c2cnccc2COC)c2c3cc(ccc31)-c1cc(O)cc(c1)C[C@H](NC(=O)[C@H](C(C)C)N(C)C(=O)C1(C)COC1)C(=O)N1CCC[C@](C=O)(COCC(C)(C)C2)N1. The highest BCUT2D eigenvalue weighted by Crippen LogP contribution is 2.41. The number of carbonyl (C=O) groups is 4. The molecule has 5 heterocycles. The zero-order chi connectivity index (χ0) is 44.6. The van der Waals surface area contributed by atoms with Crippen LogP contribution in [0.5, 0.6) is 5.75 Å². The first-order valence-corrected chi connectivity index (χ1v) is 21.7. The maximum atomic E-state index is 14.7. The Morgan fingerprint density at radius 1 is 1.08 bits per heavy atom. The fourth-order valence-corrected chi connectivity index (χ4v) is 9.55. The van der Waals surface area contributed by atoms with Crippen molar-refractivity contribution in [2.45, 2.75) is 98.0 Å². The first kappa shape index (κ1) is 44.9. The molecule has 3 N–H and O–H groups in total. The molecule has 14 heteroatoms. The van der Waals surface area contributed by atoms with Crippen LogP contribution in [-0.4, -0.2) is 113 Å². The molecule has 62 heavy (non-hydrogen) atoms. The van der Waals surface area contributed by atoms with Crippen LogP contribution in [-0.2, 0) is 59.4 Å². The summed E-state index contributed by atoms with van der Waals surface area (Å²) in [7, 11) is 3.30. The molecule has 6 bridgehead atoms. The number of nitrogens with zero attached hydrogens (tertiary/aromatic N) is 4. The molecule has 2 aromatic carbocycles. The zero-order valence-electron chi connectivity index (χ0n) is 37.4. The van der Waals surface area contributed by atoms with E-state index in [2.05, 4.69) is 53.2 Å². The molecule has 7 rings (SSSR count). The van der Waals surface area contributed by atoms with E-state index >= 15 is 0 Å². The minimum atomic E-state index is -1.20. The van der Waals surface area contributed by atoms with Gasteiger partial charge in [0, 0.05) is 62.5 Å². The van der Waals surface area contributed by atoms with Gasteiger partial charge in [-0.15, -0.1) is 0 Å². The highest BCUT2D eigenvalue weighted by molar-refractivity contribution is 5.96. The minimum absolute atomic E-state index is 0.00633. The Labute approximate surface area is 364 Å². The molecule has 3 atom stereocenters. The fraction of sp³-hybridized carbons (Fsp3) is 0.521. The van der Waals surface area contributed by atoms with E-state index in [9.17, 15) is 24.3 Å². The molecule has 0 unspecified atom stereocenters. The van der Waals surface area contributed by atoms with E-state index in [1.165, 1.54) is 9.91 Å². The average Bonchev–Trinajstić information content (AvgIpc) is 3.52. The number of aldehydes is 1. The van der Waals surface area contributed by atoms with Crippen LogP contribution in [0.15, 0.2) is 54.9 Å². The number of ether oxygens (including phenoxy) is 3. The molecule has 2 aromatic heterocycles. The predicted octanol–water partition coefficient (Wildman–Crippen LogP) is 5.45. The quantitative estimate of drug-likeness (QED) is 0.175. The topological polar surface area (TPSA) is 165 Å². The molecule has 332 valence electrons.